The highest BCUT2D eigenvalue weighted by Crippen LogP contribution is 2.73. The molecule has 0 nitrogen and oxygen atoms in total. The van der Waals surface area contributed by atoms with Crippen molar-refractivity contribution in [1.82, 2.24) is 0 Å². The molecule has 5 unspecified atom stereocenters. The Morgan fingerprint density at radius 2 is 0.750 bits per heavy atom. The minimum absolute atomic E-state index is 0.0147. The van der Waals surface area contributed by atoms with E-state index in [2.05, 4.69) is 79.7 Å². The third-order valence-corrected chi connectivity index (χ3v) is 17.6. The Kier molecular flexibility index (Phi) is 6.65. The number of fused-ring (bicyclic) bond motifs is 4. The molecule has 32 heavy (non-hydrogen) atoms. The van der Waals surface area contributed by atoms with E-state index in [1.54, 1.807) is 0 Å². The molecular weight excluding hydrogens is 422 g/mol. The van der Waals surface area contributed by atoms with Crippen LogP contribution in [0.4, 0.5) is 0 Å². The number of benzene rings is 1. The predicted octanol–water partition coefficient (Wildman–Crippen LogP) is 8.08. The highest BCUT2D eigenvalue weighted by atomic mass is 31.1. The lowest BCUT2D eigenvalue weighted by Crippen LogP contribution is -2.29. The third-order valence-electron chi connectivity index (χ3n) is 10.3. The van der Waals surface area contributed by atoms with Crippen LogP contribution in [0.3, 0.4) is 0 Å². The lowest BCUT2D eigenvalue weighted by atomic mass is 9.73. The van der Waals surface area contributed by atoms with Gasteiger partial charge in [0.25, 0.3) is 0 Å². The van der Waals surface area contributed by atoms with E-state index in [1.165, 1.54) is 25.7 Å². The molecule has 4 fully saturated rings. The minimum atomic E-state index is 0.0147. The van der Waals surface area contributed by atoms with Gasteiger partial charge in [-0.25, -0.2) is 0 Å². The molecule has 0 spiro atoms. The molecule has 0 amide bonds. The normalized spacial score (nSPS) is 43.0. The molecule has 2 heteroatoms. The van der Waals surface area contributed by atoms with E-state index in [1.807, 2.05) is 10.6 Å². The molecular formula is C30H48P2. The summed E-state index contributed by atoms with van der Waals surface area (Å²) in [6.07, 6.45) is 6.11. The largest absolute Gasteiger partial charge is 0.0677 e. The standard InChI is InChI=1S/C30H48P2/c1-17(2)21-13-28-22(18(3)4)14-27(21)31(28)25-11-9-10-12-26(25)32-29-16-24(20(7)8)30(32)15-23(29)19(5)6/h9-12,17-24,27-30H,13-16H2,1-8H3/t21-,22-,23-,24+,27?,28?,29?,30?,31?,32?/m1/s1. The van der Waals surface area contributed by atoms with Gasteiger partial charge in [-0.3, -0.25) is 0 Å². The van der Waals surface area contributed by atoms with Crippen molar-refractivity contribution in [2.24, 2.45) is 47.3 Å². The zero-order valence-electron chi connectivity index (χ0n) is 22.0. The Balaban J connectivity index is 1.54. The van der Waals surface area contributed by atoms with E-state index >= 15 is 0 Å². The Hall–Kier alpha value is 0.0800. The molecule has 0 N–H and O–H groups in total. The van der Waals surface area contributed by atoms with Gasteiger partial charge in [0.05, 0.1) is 0 Å². The lowest BCUT2D eigenvalue weighted by molar-refractivity contribution is 0.232. The van der Waals surface area contributed by atoms with Crippen molar-refractivity contribution in [2.45, 2.75) is 104 Å². The molecule has 4 saturated heterocycles. The van der Waals surface area contributed by atoms with E-state index in [4.69, 9.17) is 0 Å². The van der Waals surface area contributed by atoms with Gasteiger partial charge in [-0.05, 0) is 106 Å². The Morgan fingerprint density at radius 3 is 0.969 bits per heavy atom. The molecule has 0 aromatic heterocycles. The van der Waals surface area contributed by atoms with Gasteiger partial charge in [0.1, 0.15) is 0 Å². The molecule has 1 aromatic carbocycles. The van der Waals surface area contributed by atoms with E-state index in [0.717, 1.165) is 70.0 Å². The maximum absolute atomic E-state index is 2.64. The van der Waals surface area contributed by atoms with E-state index in [0.29, 0.717) is 0 Å². The first kappa shape index (κ1) is 23.8. The van der Waals surface area contributed by atoms with Crippen LogP contribution in [0, 0.1) is 47.3 Å². The van der Waals surface area contributed by atoms with Gasteiger partial charge >= 0.3 is 0 Å². The van der Waals surface area contributed by atoms with Crippen molar-refractivity contribution in [3.05, 3.63) is 24.3 Å². The van der Waals surface area contributed by atoms with Gasteiger partial charge in [0.2, 0.25) is 0 Å². The van der Waals surface area contributed by atoms with Crippen molar-refractivity contribution in [1.29, 1.82) is 0 Å². The molecule has 4 heterocycles. The third kappa shape index (κ3) is 3.69. The Bertz CT molecular complexity index is 700. The van der Waals surface area contributed by atoms with Crippen molar-refractivity contribution in [2.75, 3.05) is 0 Å². The summed E-state index contributed by atoms with van der Waals surface area (Å²) in [7, 11) is 0.0294. The van der Waals surface area contributed by atoms with Gasteiger partial charge < -0.3 is 0 Å². The Labute approximate surface area is 201 Å². The minimum Gasteiger partial charge on any atom is -0.0677 e. The molecule has 4 aliphatic rings. The average Bonchev–Trinajstić information content (AvgIpc) is 3.49. The molecule has 9 atom stereocenters. The maximum atomic E-state index is 2.64. The molecule has 0 radical (unpaired) electrons. The van der Waals surface area contributed by atoms with Crippen LogP contribution in [0.5, 0.6) is 0 Å². The van der Waals surface area contributed by atoms with Crippen molar-refractivity contribution >= 4 is 26.5 Å². The SMILES string of the molecule is CC(C)[C@H]1CC2[C@@H](C(C)C)CC1P2c1ccccc1P1C2C[C@@H](C(C)C)C1C[C@@H]2C(C)C. The van der Waals surface area contributed by atoms with Crippen LogP contribution >= 0.6 is 15.8 Å². The summed E-state index contributed by atoms with van der Waals surface area (Å²) in [5.74, 6) is 7.36. The van der Waals surface area contributed by atoms with Crippen molar-refractivity contribution in [3.63, 3.8) is 0 Å². The maximum Gasteiger partial charge on any atom is -0.0132 e. The second kappa shape index (κ2) is 8.94. The summed E-state index contributed by atoms with van der Waals surface area (Å²) >= 11 is 0. The number of rotatable bonds is 6. The van der Waals surface area contributed by atoms with Crippen LogP contribution in [0.1, 0.15) is 81.1 Å². The fraction of sp³-hybridized carbons (Fsp3) is 0.800. The first-order valence-corrected chi connectivity index (χ1v) is 16.8. The smallest absolute Gasteiger partial charge is 0.0132 e. The molecule has 0 saturated carbocycles. The van der Waals surface area contributed by atoms with Crippen LogP contribution in [0.25, 0.3) is 0 Å². The topological polar surface area (TPSA) is 0 Å². The zero-order chi connectivity index (χ0) is 22.9. The molecule has 4 bridgehead atoms. The number of hydrogen-bond donors (Lipinski definition) is 0. The molecule has 178 valence electrons. The second-order valence-corrected chi connectivity index (χ2v) is 18.4. The van der Waals surface area contributed by atoms with Gasteiger partial charge in [0.15, 0.2) is 0 Å². The fourth-order valence-electron chi connectivity index (χ4n) is 8.70. The van der Waals surface area contributed by atoms with Crippen molar-refractivity contribution in [3.8, 4) is 0 Å². The summed E-state index contributed by atoms with van der Waals surface area (Å²) < 4.78 is 0. The quantitative estimate of drug-likeness (QED) is 0.369. The first-order valence-electron chi connectivity index (χ1n) is 13.9. The number of hydrogen-bond acceptors (Lipinski definition) is 0. The molecule has 0 aliphatic carbocycles. The summed E-state index contributed by atoms with van der Waals surface area (Å²) in [6.45, 7) is 20.1. The summed E-state index contributed by atoms with van der Waals surface area (Å²) in [5.41, 5.74) is 4.00. The molecule has 4 aliphatic heterocycles. The molecule has 5 rings (SSSR count). The van der Waals surface area contributed by atoms with Crippen LogP contribution in [0.15, 0.2) is 24.3 Å². The monoisotopic (exact) mass is 470 g/mol. The van der Waals surface area contributed by atoms with E-state index in [-0.39, 0.29) is 15.8 Å². The zero-order valence-corrected chi connectivity index (χ0v) is 23.7. The highest BCUT2D eigenvalue weighted by molar-refractivity contribution is 7.74. The van der Waals surface area contributed by atoms with Crippen LogP contribution in [0.2, 0.25) is 0 Å². The first-order chi connectivity index (χ1) is 15.2. The molecule has 1 aromatic rings. The van der Waals surface area contributed by atoms with Gasteiger partial charge in [-0.2, -0.15) is 0 Å². The second-order valence-electron chi connectivity index (χ2n) is 13.1. The summed E-state index contributed by atoms with van der Waals surface area (Å²) in [6, 6.07) is 10.1. The average molecular weight is 471 g/mol. The summed E-state index contributed by atoms with van der Waals surface area (Å²) in [4.78, 5) is 0. The predicted molar refractivity (Wildman–Crippen MR) is 146 cm³/mol. The van der Waals surface area contributed by atoms with E-state index in [9.17, 15) is 0 Å². The van der Waals surface area contributed by atoms with Crippen LogP contribution in [-0.4, -0.2) is 22.6 Å². The van der Waals surface area contributed by atoms with E-state index < -0.39 is 0 Å². The van der Waals surface area contributed by atoms with Crippen molar-refractivity contribution < 1.29 is 0 Å². The Morgan fingerprint density at radius 1 is 0.500 bits per heavy atom. The van der Waals surface area contributed by atoms with Gasteiger partial charge in [-0.1, -0.05) is 95.5 Å². The fourth-order valence-corrected chi connectivity index (χ4v) is 18.4. The van der Waals surface area contributed by atoms with Crippen LogP contribution < -0.4 is 10.6 Å². The van der Waals surface area contributed by atoms with Gasteiger partial charge in [0, 0.05) is 0 Å². The highest BCUT2D eigenvalue weighted by Gasteiger charge is 2.58. The van der Waals surface area contributed by atoms with Gasteiger partial charge in [-0.15, -0.1) is 0 Å². The lowest BCUT2D eigenvalue weighted by Gasteiger charge is -2.31. The summed E-state index contributed by atoms with van der Waals surface area (Å²) in [5, 5.41) is 3.80. The van der Waals surface area contributed by atoms with Crippen LogP contribution in [-0.2, 0) is 0 Å².